The summed E-state index contributed by atoms with van der Waals surface area (Å²) >= 11 is 0. The van der Waals surface area contributed by atoms with Crippen LogP contribution in [0.4, 0.5) is 4.32 Å². The third-order valence-corrected chi connectivity index (χ3v) is 1.43. The predicted octanol–water partition coefficient (Wildman–Crippen LogP) is 1.69. The van der Waals surface area contributed by atoms with Crippen molar-refractivity contribution in [3.8, 4) is 0 Å². The Morgan fingerprint density at radius 3 is 1.42 bits per heavy atom. The van der Waals surface area contributed by atoms with E-state index in [2.05, 4.69) is 21.3 Å². The smallest absolute Gasteiger partial charge is 0.545 e. The molecule has 8 heteroatoms. The molecule has 0 saturated heterocycles. The quantitative estimate of drug-likeness (QED) is 0.350. The molecule has 2 N–H and O–H groups in total. The van der Waals surface area contributed by atoms with E-state index >= 15 is 0 Å². The van der Waals surface area contributed by atoms with Crippen molar-refractivity contribution < 1.29 is 46.0 Å². The molecule has 0 aliphatic heterocycles. The molecule has 1 aliphatic carbocycles. The molecule has 0 unspecified atom stereocenters. The fourth-order valence-corrected chi connectivity index (χ4v) is 0.864. The summed E-state index contributed by atoms with van der Waals surface area (Å²) in [6.07, 6.45) is 9.12. The summed E-state index contributed by atoms with van der Waals surface area (Å²) in [5.74, 6) is -2.51. The second-order valence-corrected chi connectivity index (χ2v) is 2.58. The molecule has 1 rings (SSSR count). The number of carboxylic acids is 2. The van der Waals surface area contributed by atoms with Gasteiger partial charge in [-0.05, 0) is 0 Å². The van der Waals surface area contributed by atoms with Crippen LogP contribution in [0.1, 0.15) is 25.7 Å². The topological polar surface area (TPSA) is 91.7 Å². The van der Waals surface area contributed by atoms with E-state index in [1.165, 1.54) is 25.7 Å². The Morgan fingerprint density at radius 1 is 1.05 bits per heavy atom. The van der Waals surface area contributed by atoms with Crippen LogP contribution in [0.5, 0.6) is 0 Å². The van der Waals surface area contributed by atoms with E-state index < -0.39 is 11.9 Å². The summed E-state index contributed by atoms with van der Waals surface area (Å²) in [5, 5.41) is 15.6. The van der Waals surface area contributed by atoms with Gasteiger partial charge in [-0.15, -0.1) is 0 Å². The Balaban J connectivity index is -0.0000000519. The number of rotatable bonds is 2. The number of aliphatic carboxylic acids is 2. The van der Waals surface area contributed by atoms with E-state index in [1.807, 2.05) is 0 Å². The molecule has 5 nitrogen and oxygen atoms in total. The zero-order chi connectivity index (χ0) is 14.1. The van der Waals surface area contributed by atoms with Gasteiger partial charge in [0.25, 0.3) is 0 Å². The first-order chi connectivity index (χ1) is 8.13. The van der Waals surface area contributed by atoms with Crippen LogP contribution in [-0.4, -0.2) is 37.1 Å². The zero-order valence-electron chi connectivity index (χ0n) is 10.6. The van der Waals surface area contributed by atoms with Crippen LogP contribution in [-0.2, 0) is 31.5 Å². The maximum atomic E-state index is 9.55. The zero-order valence-corrected chi connectivity index (χ0v) is 11.7. The third kappa shape index (κ3) is 47.4. The summed E-state index contributed by atoms with van der Waals surface area (Å²) in [6, 6.07) is 0. The largest absolute Gasteiger partial charge is 3.00 e. The van der Waals surface area contributed by atoms with Crippen LogP contribution in [0.15, 0.2) is 12.2 Å². The minimum absolute atomic E-state index is 0. The summed E-state index contributed by atoms with van der Waals surface area (Å²) in [4.78, 5) is 26.9. The van der Waals surface area contributed by atoms with Crippen molar-refractivity contribution in [2.45, 2.75) is 25.7 Å². The van der Waals surface area contributed by atoms with E-state index in [0.717, 1.165) is 0 Å². The van der Waals surface area contributed by atoms with Gasteiger partial charge in [-0.25, -0.2) is 9.59 Å². The monoisotopic (exact) mass is 315 g/mol. The van der Waals surface area contributed by atoms with Gasteiger partial charge in [-0.3, -0.25) is 6.79 Å². The predicted molar refractivity (Wildman–Crippen MR) is 67.2 cm³/mol. The van der Waals surface area contributed by atoms with E-state index in [9.17, 15) is 9.59 Å². The fraction of sp³-hybridized carbons (Fsp3) is 0.364. The molecule has 0 atom stereocenters. The van der Waals surface area contributed by atoms with Gasteiger partial charge >= 0.3 is 37.1 Å². The number of carboxylic acid groups (broad SMARTS) is 2. The normalized spacial score (nSPS) is 10.8. The molecule has 1 fully saturated rings. The molecule has 3 radical (unpaired) electrons. The molecule has 1 aliphatic rings. The Kier molecular flexibility index (Phi) is 48.7. The number of carbonyl (C=O) groups is 2. The fourth-order valence-electron chi connectivity index (χ4n) is 0.864. The Morgan fingerprint density at radius 2 is 1.32 bits per heavy atom. The van der Waals surface area contributed by atoms with Crippen molar-refractivity contribution in [2.75, 3.05) is 0 Å². The number of hydrogen-bond acceptors (Lipinski definition) is 3. The van der Waals surface area contributed by atoms with Crippen LogP contribution >= 0.6 is 0 Å². The van der Waals surface area contributed by atoms with Gasteiger partial charge in [0.15, 0.2) is 0 Å². The van der Waals surface area contributed by atoms with Gasteiger partial charge in [-0.2, -0.15) is 12.8 Å². The molecule has 0 aromatic carbocycles. The second kappa shape index (κ2) is 30.2. The third-order valence-electron chi connectivity index (χ3n) is 1.43. The van der Waals surface area contributed by atoms with Crippen molar-refractivity contribution in [2.24, 2.45) is 0 Å². The molecule has 109 valence electrons. The van der Waals surface area contributed by atoms with E-state index in [0.29, 0.717) is 12.2 Å². The molecular weight excluding hydrogens is 298 g/mol. The molecule has 19 heavy (non-hydrogen) atoms. The molecule has 1 saturated carbocycles. The second-order valence-electron chi connectivity index (χ2n) is 2.58. The first kappa shape index (κ1) is 30.7. The minimum Gasteiger partial charge on any atom is -0.545 e. The summed E-state index contributed by atoms with van der Waals surface area (Å²) in [7, 11) is 3.00. The van der Waals surface area contributed by atoms with Crippen LogP contribution < -0.4 is 0 Å². The average Bonchev–Trinajstić information content (AvgIpc) is 2.90. The van der Waals surface area contributed by atoms with Gasteiger partial charge in [0.05, 0.1) is 0 Å². The Hall–Kier alpha value is -1.14. The standard InChI is InChI=1S/C5H9.C4H4O4.CHO.CH3.BF.Fe/c1-2-4-5-3-1;5-3(6)1-2-4(7)8;1-2;;1-2;/h1H,2-5H2;1-2H,(H,5,6)(H,7,8);1H;1H3;;/q-1;;2*-1;;+3/b;2-1-;;;;. The van der Waals surface area contributed by atoms with Crippen molar-refractivity contribution in [3.63, 3.8) is 0 Å². The Labute approximate surface area is 125 Å². The van der Waals surface area contributed by atoms with Crippen LogP contribution in [0.3, 0.4) is 0 Å². The van der Waals surface area contributed by atoms with Crippen molar-refractivity contribution in [1.82, 2.24) is 0 Å². The van der Waals surface area contributed by atoms with Gasteiger partial charge in [0, 0.05) is 12.2 Å². The van der Waals surface area contributed by atoms with Gasteiger partial charge < -0.3 is 33.2 Å². The van der Waals surface area contributed by atoms with Crippen LogP contribution in [0.2, 0.25) is 0 Å². The molecule has 0 bridgehead atoms. The summed E-state index contributed by atoms with van der Waals surface area (Å²) in [5.41, 5.74) is 0. The minimum atomic E-state index is -1.26. The number of carbonyl (C=O) groups excluding carboxylic acids is 1. The van der Waals surface area contributed by atoms with Crippen molar-refractivity contribution >= 4 is 26.9 Å². The van der Waals surface area contributed by atoms with Crippen LogP contribution in [0.25, 0.3) is 0 Å². The van der Waals surface area contributed by atoms with Crippen LogP contribution in [0, 0.1) is 13.8 Å². The van der Waals surface area contributed by atoms with Crippen molar-refractivity contribution in [3.05, 3.63) is 26.0 Å². The molecule has 0 aromatic heterocycles. The first-order valence-corrected chi connectivity index (χ1v) is 4.54. The Bertz CT molecular complexity index is 200. The van der Waals surface area contributed by atoms with E-state index in [4.69, 9.17) is 19.3 Å². The molecule has 0 aromatic rings. The SMILES string of the molecule is O=C(O)/C=C\C(=O)O.[B]F.[CH-]1CCCC1.[CH-]=O.[CH3-].[Fe+3]. The van der Waals surface area contributed by atoms with Gasteiger partial charge in [-0.1, -0.05) is 12.8 Å². The molecule has 0 spiro atoms. The maximum absolute atomic E-state index is 9.55. The number of hydrogen-bond donors (Lipinski definition) is 2. The molecule has 0 amide bonds. The van der Waals surface area contributed by atoms with Crippen molar-refractivity contribution in [1.29, 1.82) is 0 Å². The maximum Gasteiger partial charge on any atom is 3.00 e. The van der Waals surface area contributed by atoms with E-state index in [1.54, 1.807) is 0 Å². The average molecular weight is 315 g/mol. The summed E-state index contributed by atoms with van der Waals surface area (Å²) < 4.78 is 9.00. The first-order valence-electron chi connectivity index (χ1n) is 4.54. The summed E-state index contributed by atoms with van der Waals surface area (Å²) in [6.45, 7) is 3.25. The van der Waals surface area contributed by atoms with E-state index in [-0.39, 0.29) is 24.5 Å². The molecule has 0 heterocycles. The van der Waals surface area contributed by atoms with Gasteiger partial charge in [0.1, 0.15) is 0 Å². The van der Waals surface area contributed by atoms with Gasteiger partial charge in [0.2, 0.25) is 0 Å². The molecular formula is C11H17BFFeO5. The number of halogens is 1.